The molecule has 141 heavy (non-hydrogen) atoms. The van der Waals surface area contributed by atoms with Crippen LogP contribution in [0, 0.1) is 11.6 Å². The molecule has 36 nitrogen and oxygen atoms in total. The van der Waals surface area contributed by atoms with E-state index in [1.807, 2.05) is 37.7 Å². The third-order valence-electron chi connectivity index (χ3n) is 23.7. The Hall–Kier alpha value is -3.93. The summed E-state index contributed by atoms with van der Waals surface area (Å²) in [6, 6.07) is 4.76. The van der Waals surface area contributed by atoms with E-state index in [2.05, 4.69) is 189 Å². The van der Waals surface area contributed by atoms with Crippen LogP contribution < -0.4 is 46.9 Å². The maximum atomic E-state index is 15.8. The van der Waals surface area contributed by atoms with Gasteiger partial charge in [0.15, 0.2) is 56.4 Å². The van der Waals surface area contributed by atoms with E-state index in [0.29, 0.717) is 151 Å². The van der Waals surface area contributed by atoms with E-state index in [4.69, 9.17) is 87.0 Å². The number of nitrogens with two attached hydrogens (primary N) is 2. The first kappa shape index (κ1) is 124. The van der Waals surface area contributed by atoms with Gasteiger partial charge in [-0.05, 0) is 255 Å². The largest absolute Gasteiger partial charge is 0.487 e. The Bertz CT molecular complexity index is 4650. The van der Waals surface area contributed by atoms with Gasteiger partial charge in [0.25, 0.3) is 0 Å². The van der Waals surface area contributed by atoms with Gasteiger partial charge in [-0.2, -0.15) is 0 Å². The molecule has 0 aliphatic carbocycles. The zero-order chi connectivity index (χ0) is 105. The summed E-state index contributed by atoms with van der Waals surface area (Å²) >= 11 is 0. The van der Waals surface area contributed by atoms with Crippen molar-refractivity contribution in [1.29, 1.82) is 0 Å². The smallest absolute Gasteiger partial charge is 0.343 e. The minimum atomic E-state index is -2.83. The highest BCUT2D eigenvalue weighted by molar-refractivity contribution is 6.92. The number of hydrogen-bond donors (Lipinski definition) is 6. The molecule has 10 unspecified atom stereocenters. The highest BCUT2D eigenvalue weighted by Gasteiger charge is 2.51. The predicted octanol–water partition coefficient (Wildman–Crippen LogP) is 10.6. The molecule has 10 atom stereocenters. The van der Waals surface area contributed by atoms with Gasteiger partial charge in [-0.1, -0.05) is 0 Å². The van der Waals surface area contributed by atoms with Gasteiger partial charge >= 0.3 is 63.3 Å². The number of aliphatic hydroxyl groups excluding tert-OH is 3. The van der Waals surface area contributed by atoms with Gasteiger partial charge in [-0.3, -0.25) is 9.59 Å². The molecular weight excluding hydrogens is 1990 g/mol. The average Bonchev–Trinajstić information content (AvgIpc) is 1.53. The molecule has 810 valence electrons. The number of nitrogens with one attached hydrogen (secondary N) is 1. The first-order valence-corrected chi connectivity index (χ1v) is 80.0. The number of pyridine rings is 2. The first-order valence-electron chi connectivity index (χ1n) is 50.7. The lowest BCUT2D eigenvalue weighted by molar-refractivity contribution is -0.0111. The van der Waals surface area contributed by atoms with E-state index < -0.39 is 144 Å². The summed E-state index contributed by atoms with van der Waals surface area (Å²) in [7, 11) is -12.2. The number of carbonyl (C=O) groups excluding carboxylic acids is 2. The Morgan fingerprint density at radius 1 is 0.468 bits per heavy atom. The number of likely N-dealkylation sites (N-methyl/N-ethyl adjacent to an activating group) is 5. The van der Waals surface area contributed by atoms with Crippen molar-refractivity contribution in [2.45, 2.75) is 238 Å². The maximum Gasteiger partial charge on any atom is 0.343 e. The summed E-state index contributed by atoms with van der Waals surface area (Å²) in [5, 5.41) is 35.4. The molecule has 0 saturated carbocycles. The number of anilines is 2. The van der Waals surface area contributed by atoms with Crippen LogP contribution in [0.25, 0.3) is 21.8 Å². The first-order chi connectivity index (χ1) is 65.7. The van der Waals surface area contributed by atoms with Gasteiger partial charge in [0, 0.05) is 157 Å². The molecule has 5 aliphatic heterocycles. The molecule has 3 saturated heterocycles. The summed E-state index contributed by atoms with van der Waals surface area (Å²) in [5.41, 5.74) is 10.1. The quantitative estimate of drug-likeness (QED) is 0.0103. The lowest BCUT2D eigenvalue weighted by atomic mass is 10.1. The number of rotatable bonds is 61. The van der Waals surface area contributed by atoms with Crippen LogP contribution in [0.15, 0.2) is 34.1 Å². The normalized spacial score (nSPS) is 19.3. The van der Waals surface area contributed by atoms with Crippen molar-refractivity contribution >= 4 is 130 Å². The van der Waals surface area contributed by atoms with Crippen molar-refractivity contribution in [3.63, 3.8) is 0 Å². The Morgan fingerprint density at radius 3 is 1.15 bits per heavy atom. The van der Waals surface area contributed by atoms with Crippen molar-refractivity contribution in [3.8, 4) is 11.5 Å². The van der Waals surface area contributed by atoms with E-state index in [-0.39, 0.29) is 73.1 Å². The van der Waals surface area contributed by atoms with Gasteiger partial charge in [0.05, 0.1) is 66.4 Å². The van der Waals surface area contributed by atoms with Gasteiger partial charge in [-0.25, -0.2) is 18.4 Å². The minimum absolute atomic E-state index is 0.0384. The molecule has 0 spiro atoms. The SMILES string of the molecule is CC1COc2c(N3CCN(C)CC3)c(F)cc3c(=O)c(C(=O)OCC(O)COCCC[Si](C)(O[Si](C)(C)C)O[Si](C)(C)O[Si](C)(CCCOCC4CO4)O[Si](C)(C)C)cn1c23.CC1COc2c(N3CCN(C)CC3)c(F)cc3c(=O)c(C(=O)OCC(O)COCCC[Si](C)(O[Si](C)(C)C)O[Si](C)(C)O[Si](C)(CCCOCCC(O)CN(C)CCN(C)CCN(C)C)O[Si](C)(C)C)cn1c23.NCCNCCN. The summed E-state index contributed by atoms with van der Waals surface area (Å²) in [6.07, 6.45) is 3.84. The van der Waals surface area contributed by atoms with Crippen molar-refractivity contribution in [3.05, 3.63) is 67.7 Å². The van der Waals surface area contributed by atoms with Crippen molar-refractivity contribution < 1.29 is 109 Å². The standard InChI is InChI=1S/C49H95FN6O12Si5.C40H72FN3O12Si5.C4H13N3/c1-39-36-63-48-45-42(33-44(50)46(48)55-26-24-53(5)25-27-55)47(59)43(35-56(39)45)49(60)64-38-41(58)37-62-29-18-32-73(16,66-70(10,11)12)68-71(13,14)67-72(15,65-69(7,8)9)31-17-28-61-30-19-40(57)34-54(6)23-22-52(4)21-20-51(2)3;1-30-25-51-39-36-33(23-35(41)37(39)43-17-15-42(2)16-18-43)38(46)34(24-44(30)36)40(47)52-27-31(45)26-48-19-13-21-60(11,53-57(3,4)5)55-59(9,10)56-61(12,54-58(6,7)8)22-14-20-49-28-32-29-50-32;5-1-3-7-4-2-6/h33,35,39-41,57-58H,17-32,34,36-38H2,1-16H3;23-24,30-32,45H,13-22,25-29H2,1-12H3;7H,1-6H2. The Balaban J connectivity index is 0.000000363. The molecule has 0 bridgehead atoms. The molecule has 4 aromatic rings. The number of ether oxygens (including phenoxy) is 9. The molecule has 0 amide bonds. The van der Waals surface area contributed by atoms with Crippen LogP contribution in [0.2, 0.25) is 155 Å². The minimum Gasteiger partial charge on any atom is -0.487 e. The molecule has 8 N–H and O–H groups in total. The van der Waals surface area contributed by atoms with Gasteiger partial charge in [-0.15, -0.1) is 0 Å². The van der Waals surface area contributed by atoms with Crippen LogP contribution in [0.4, 0.5) is 20.2 Å². The molecule has 9 rings (SSSR count). The lowest BCUT2D eigenvalue weighted by Crippen LogP contribution is -2.60. The lowest BCUT2D eigenvalue weighted by Gasteiger charge is -2.44. The molecule has 48 heteroatoms. The number of aliphatic hydroxyl groups is 3. The Labute approximate surface area is 850 Å². The molecule has 3 fully saturated rings. The molecule has 5 aliphatic rings. The van der Waals surface area contributed by atoms with Crippen LogP contribution in [0.1, 0.15) is 78.8 Å². The number of piperazine rings is 2. The van der Waals surface area contributed by atoms with Crippen LogP contribution in [-0.4, -0.2) is 409 Å². The number of benzene rings is 2. The van der Waals surface area contributed by atoms with Crippen LogP contribution in [0.3, 0.4) is 0 Å². The number of esters is 2. The number of carbonyl (C=O) groups is 2. The monoisotopic (exact) mass is 2170 g/mol. The topological polar surface area (TPSA) is 386 Å². The van der Waals surface area contributed by atoms with Crippen molar-refractivity contribution in [2.75, 3.05) is 249 Å². The number of epoxide rings is 1. The maximum absolute atomic E-state index is 15.8. The molecular formula is C93H180F2N12O24Si10. The van der Waals surface area contributed by atoms with Crippen molar-refractivity contribution in [1.82, 2.24) is 39.0 Å². The van der Waals surface area contributed by atoms with Crippen LogP contribution in [-0.2, 0) is 66.1 Å². The summed E-state index contributed by atoms with van der Waals surface area (Å²) in [5.74, 6) is -2.35. The highest BCUT2D eigenvalue weighted by atomic mass is 28.5. The van der Waals surface area contributed by atoms with E-state index in [1.54, 1.807) is 9.13 Å². The Kier molecular flexibility index (Phi) is 49.5. The fourth-order valence-electron chi connectivity index (χ4n) is 18.0. The molecule has 0 radical (unpaired) electrons. The van der Waals surface area contributed by atoms with E-state index in [1.165, 1.54) is 24.5 Å². The number of nitrogens with zero attached hydrogens (tertiary/aromatic N) is 9. The highest BCUT2D eigenvalue weighted by Crippen LogP contribution is 2.45. The fourth-order valence-corrected chi connectivity index (χ4v) is 65.0. The second-order valence-electron chi connectivity index (χ2n) is 44.3. The third kappa shape index (κ3) is 43.2. The van der Waals surface area contributed by atoms with E-state index >= 15 is 8.78 Å². The summed E-state index contributed by atoms with van der Waals surface area (Å²) in [4.78, 5) is 69.1. The van der Waals surface area contributed by atoms with Crippen LogP contribution >= 0.6 is 0 Å². The number of aromatic nitrogens is 2. The van der Waals surface area contributed by atoms with Gasteiger partial charge in [0.1, 0.15) is 67.2 Å². The fraction of sp³-hybridized carbons (Fsp3) is 0.785. The van der Waals surface area contributed by atoms with Gasteiger partial charge < -0.3 is 151 Å². The van der Waals surface area contributed by atoms with Crippen molar-refractivity contribution in [2.24, 2.45) is 11.5 Å². The van der Waals surface area contributed by atoms with Crippen LogP contribution in [0.5, 0.6) is 11.5 Å². The number of halogens is 2. The number of hydrogen-bond acceptors (Lipinski definition) is 34. The second-order valence-corrected chi connectivity index (χ2v) is 84.4. The second kappa shape index (κ2) is 56.3. The van der Waals surface area contributed by atoms with E-state index in [0.717, 1.165) is 97.0 Å². The predicted molar refractivity (Wildman–Crippen MR) is 578 cm³/mol. The molecule has 7 heterocycles. The summed E-state index contributed by atoms with van der Waals surface area (Å²) < 4.78 is 143. The Morgan fingerprint density at radius 2 is 0.809 bits per heavy atom. The zero-order valence-electron chi connectivity index (χ0n) is 90.7. The summed E-state index contributed by atoms with van der Waals surface area (Å²) in [6.45, 7) is 63.0. The molecule has 2 aromatic carbocycles. The van der Waals surface area contributed by atoms with Gasteiger partial charge in [0.2, 0.25) is 10.9 Å². The average molecular weight is 2170 g/mol. The molecule has 2 aromatic heterocycles. The zero-order valence-corrected chi connectivity index (χ0v) is 101. The third-order valence-corrected chi connectivity index (χ3v) is 60.2. The van der Waals surface area contributed by atoms with E-state index in [9.17, 15) is 34.5 Å².